The summed E-state index contributed by atoms with van der Waals surface area (Å²) in [6.07, 6.45) is 2.92. The third kappa shape index (κ3) is 2.69. The zero-order chi connectivity index (χ0) is 12.7. The van der Waals surface area contributed by atoms with Crippen LogP contribution in [0.15, 0.2) is 6.20 Å². The lowest BCUT2D eigenvalue weighted by Crippen LogP contribution is -2.42. The molecule has 0 saturated carbocycles. The van der Waals surface area contributed by atoms with Crippen LogP contribution in [0.1, 0.15) is 45.4 Å². The second-order valence-electron chi connectivity index (χ2n) is 6.12. The number of aryl methyl sites for hydroxylation is 1. The molecule has 4 heteroatoms. The Bertz CT molecular complexity index is 395. The number of ether oxygens (including phenoxy) is 1. The van der Waals surface area contributed by atoms with E-state index in [1.165, 1.54) is 5.56 Å². The Kier molecular flexibility index (Phi) is 3.04. The van der Waals surface area contributed by atoms with Gasteiger partial charge < -0.3 is 10.1 Å². The first-order valence-corrected chi connectivity index (χ1v) is 6.22. The van der Waals surface area contributed by atoms with Gasteiger partial charge in [0.2, 0.25) is 0 Å². The van der Waals surface area contributed by atoms with Crippen LogP contribution in [0.2, 0.25) is 0 Å². The zero-order valence-corrected chi connectivity index (χ0v) is 11.4. The second-order valence-corrected chi connectivity index (χ2v) is 6.12. The first kappa shape index (κ1) is 12.6. The van der Waals surface area contributed by atoms with Gasteiger partial charge in [-0.3, -0.25) is 5.10 Å². The van der Waals surface area contributed by atoms with E-state index in [1.807, 2.05) is 13.1 Å². The fourth-order valence-corrected chi connectivity index (χ4v) is 2.67. The number of nitrogens with one attached hydrogen (secondary N) is 2. The van der Waals surface area contributed by atoms with Gasteiger partial charge in [-0.2, -0.15) is 5.10 Å². The van der Waals surface area contributed by atoms with E-state index >= 15 is 0 Å². The third-order valence-electron chi connectivity index (χ3n) is 3.55. The van der Waals surface area contributed by atoms with Gasteiger partial charge in [-0.25, -0.2) is 0 Å². The smallest absolute Gasteiger partial charge is 0.0787 e. The van der Waals surface area contributed by atoms with E-state index in [2.05, 4.69) is 43.2 Å². The molecule has 1 aliphatic heterocycles. The highest BCUT2D eigenvalue weighted by Gasteiger charge is 2.45. The van der Waals surface area contributed by atoms with E-state index in [-0.39, 0.29) is 11.2 Å². The average molecular weight is 237 g/mol. The summed E-state index contributed by atoms with van der Waals surface area (Å²) in [6, 6.07) is 0.381. The molecule has 1 saturated heterocycles. The molecule has 96 valence electrons. The predicted octanol–water partition coefficient (Wildman–Crippen LogP) is 2.15. The minimum Gasteiger partial charge on any atom is -0.368 e. The van der Waals surface area contributed by atoms with Crippen LogP contribution in [0.4, 0.5) is 0 Å². The number of hydrogen-bond acceptors (Lipinski definition) is 3. The molecule has 1 aliphatic rings. The van der Waals surface area contributed by atoms with Gasteiger partial charge >= 0.3 is 0 Å². The van der Waals surface area contributed by atoms with Gasteiger partial charge in [0.05, 0.1) is 17.4 Å². The van der Waals surface area contributed by atoms with E-state index < -0.39 is 0 Å². The van der Waals surface area contributed by atoms with Crippen LogP contribution < -0.4 is 5.32 Å². The zero-order valence-electron chi connectivity index (χ0n) is 11.4. The van der Waals surface area contributed by atoms with Crippen molar-refractivity contribution in [3.8, 4) is 0 Å². The molecule has 1 atom stereocenters. The number of hydrogen-bond donors (Lipinski definition) is 2. The first-order chi connectivity index (χ1) is 7.80. The number of rotatable bonds is 3. The maximum absolute atomic E-state index is 6.06. The Balaban J connectivity index is 1.98. The largest absolute Gasteiger partial charge is 0.368 e. The summed E-state index contributed by atoms with van der Waals surface area (Å²) in [5, 5.41) is 10.6. The lowest BCUT2D eigenvalue weighted by Gasteiger charge is -2.27. The number of aromatic nitrogens is 2. The van der Waals surface area contributed by atoms with E-state index in [4.69, 9.17) is 4.74 Å². The van der Waals surface area contributed by atoms with E-state index in [0.29, 0.717) is 6.04 Å². The number of aromatic amines is 1. The predicted molar refractivity (Wildman–Crippen MR) is 67.8 cm³/mol. The van der Waals surface area contributed by atoms with Gasteiger partial charge in [-0.1, -0.05) is 0 Å². The summed E-state index contributed by atoms with van der Waals surface area (Å²) in [7, 11) is 0. The van der Waals surface area contributed by atoms with Crippen molar-refractivity contribution in [2.75, 3.05) is 0 Å². The van der Waals surface area contributed by atoms with Crippen LogP contribution in [0.25, 0.3) is 0 Å². The topological polar surface area (TPSA) is 49.9 Å². The molecule has 0 aromatic carbocycles. The van der Waals surface area contributed by atoms with Gasteiger partial charge in [0.25, 0.3) is 0 Å². The van der Waals surface area contributed by atoms with Crippen LogP contribution in [0.5, 0.6) is 0 Å². The molecule has 0 unspecified atom stereocenters. The molecule has 0 radical (unpaired) electrons. The molecule has 1 fully saturated rings. The van der Waals surface area contributed by atoms with Crippen LogP contribution >= 0.6 is 0 Å². The van der Waals surface area contributed by atoms with E-state index in [0.717, 1.165) is 18.7 Å². The summed E-state index contributed by atoms with van der Waals surface area (Å²) in [6.45, 7) is 11.5. The molecule has 2 heterocycles. The Morgan fingerprint density at radius 1 is 1.47 bits per heavy atom. The molecule has 0 amide bonds. The number of nitrogens with zero attached hydrogens (tertiary/aromatic N) is 1. The normalized spacial score (nSPS) is 26.3. The van der Waals surface area contributed by atoms with Gasteiger partial charge in [-0.05, 0) is 41.0 Å². The second kappa shape index (κ2) is 4.10. The number of H-pyrrole nitrogens is 1. The standard InChI is InChI=1S/C13H23N3O/c1-9-10(8-15-16-9)7-14-11-6-12(2,3)17-13(11,4)5/h8,11,14H,6-7H2,1-5H3,(H,15,16)/t11-/m0/s1. The quantitative estimate of drug-likeness (QED) is 0.847. The van der Waals surface area contributed by atoms with E-state index in [1.54, 1.807) is 0 Å². The molecule has 0 bridgehead atoms. The summed E-state index contributed by atoms with van der Waals surface area (Å²) in [5.41, 5.74) is 2.22. The molecule has 4 nitrogen and oxygen atoms in total. The molecule has 0 spiro atoms. The van der Waals surface area contributed by atoms with Gasteiger partial charge in [0.15, 0.2) is 0 Å². The van der Waals surface area contributed by atoms with E-state index in [9.17, 15) is 0 Å². The lowest BCUT2D eigenvalue weighted by molar-refractivity contribution is -0.0699. The average Bonchev–Trinajstić information content (AvgIpc) is 2.64. The molecule has 2 rings (SSSR count). The fraction of sp³-hybridized carbons (Fsp3) is 0.769. The SMILES string of the molecule is Cc1[nH]ncc1CN[C@H]1CC(C)(C)OC1(C)C. The fourth-order valence-electron chi connectivity index (χ4n) is 2.67. The maximum Gasteiger partial charge on any atom is 0.0787 e. The molecule has 1 aromatic heterocycles. The Morgan fingerprint density at radius 2 is 2.18 bits per heavy atom. The van der Waals surface area contributed by atoms with Crippen molar-refractivity contribution in [3.63, 3.8) is 0 Å². The molecule has 2 N–H and O–H groups in total. The highest BCUT2D eigenvalue weighted by molar-refractivity contribution is 5.14. The lowest BCUT2D eigenvalue weighted by atomic mass is 9.94. The first-order valence-electron chi connectivity index (χ1n) is 6.22. The Hall–Kier alpha value is -0.870. The molecular weight excluding hydrogens is 214 g/mol. The van der Waals surface area contributed by atoms with Gasteiger partial charge in [-0.15, -0.1) is 0 Å². The van der Waals surface area contributed by atoms with Crippen molar-refractivity contribution in [2.45, 2.75) is 64.8 Å². The van der Waals surface area contributed by atoms with Crippen LogP contribution in [0, 0.1) is 6.92 Å². The maximum atomic E-state index is 6.06. The monoisotopic (exact) mass is 237 g/mol. The highest BCUT2D eigenvalue weighted by atomic mass is 16.5. The van der Waals surface area contributed by atoms with Gasteiger partial charge in [0, 0.05) is 23.8 Å². The summed E-state index contributed by atoms with van der Waals surface area (Å²) < 4.78 is 6.06. The Labute approximate surface area is 103 Å². The van der Waals surface area contributed by atoms with Crippen molar-refractivity contribution in [1.82, 2.24) is 15.5 Å². The van der Waals surface area contributed by atoms with Crippen molar-refractivity contribution >= 4 is 0 Å². The Morgan fingerprint density at radius 3 is 2.65 bits per heavy atom. The highest BCUT2D eigenvalue weighted by Crippen LogP contribution is 2.37. The summed E-state index contributed by atoms with van der Waals surface area (Å²) in [4.78, 5) is 0. The van der Waals surface area contributed by atoms with Crippen molar-refractivity contribution in [1.29, 1.82) is 0 Å². The summed E-state index contributed by atoms with van der Waals surface area (Å²) in [5.74, 6) is 0. The van der Waals surface area contributed by atoms with Crippen molar-refractivity contribution in [2.24, 2.45) is 0 Å². The van der Waals surface area contributed by atoms with Crippen molar-refractivity contribution in [3.05, 3.63) is 17.5 Å². The van der Waals surface area contributed by atoms with Gasteiger partial charge in [0.1, 0.15) is 0 Å². The molecular formula is C13H23N3O. The minimum absolute atomic E-state index is 0.0351. The minimum atomic E-state index is -0.110. The third-order valence-corrected chi connectivity index (χ3v) is 3.55. The molecule has 0 aliphatic carbocycles. The summed E-state index contributed by atoms with van der Waals surface area (Å²) >= 11 is 0. The van der Waals surface area contributed by atoms with Crippen molar-refractivity contribution < 1.29 is 4.74 Å². The van der Waals surface area contributed by atoms with Crippen LogP contribution in [-0.4, -0.2) is 27.4 Å². The molecule has 17 heavy (non-hydrogen) atoms. The molecule has 1 aromatic rings. The van der Waals surface area contributed by atoms with Crippen LogP contribution in [0.3, 0.4) is 0 Å². The van der Waals surface area contributed by atoms with Crippen LogP contribution in [-0.2, 0) is 11.3 Å².